The molecule has 3 saturated heterocycles. The van der Waals surface area contributed by atoms with E-state index in [4.69, 9.17) is 14.6 Å². The van der Waals surface area contributed by atoms with Crippen molar-refractivity contribution >= 4 is 24.2 Å². The van der Waals surface area contributed by atoms with E-state index < -0.39 is 0 Å². The van der Waals surface area contributed by atoms with Crippen LogP contribution in [0.1, 0.15) is 42.6 Å². The first kappa shape index (κ1) is 22.9. The molecule has 3 aliphatic heterocycles. The minimum absolute atomic E-state index is 0.0183. The van der Waals surface area contributed by atoms with E-state index in [-0.39, 0.29) is 29.9 Å². The van der Waals surface area contributed by atoms with Gasteiger partial charge in [0.15, 0.2) is 0 Å². The highest BCUT2D eigenvalue weighted by molar-refractivity contribution is 5.92. The number of amides is 1. The molecule has 31 heavy (non-hydrogen) atoms. The van der Waals surface area contributed by atoms with Crippen LogP contribution in [0.4, 0.5) is 5.82 Å². The molecule has 0 bridgehead atoms. The van der Waals surface area contributed by atoms with Crippen molar-refractivity contribution in [3.05, 3.63) is 18.1 Å². The van der Waals surface area contributed by atoms with E-state index in [0.717, 1.165) is 70.6 Å². The van der Waals surface area contributed by atoms with Gasteiger partial charge in [-0.15, -0.1) is 0 Å². The molecule has 1 spiro atoms. The van der Waals surface area contributed by atoms with E-state index >= 15 is 0 Å². The number of piperidine rings is 1. The van der Waals surface area contributed by atoms with Crippen molar-refractivity contribution in [1.29, 1.82) is 0 Å². The van der Waals surface area contributed by atoms with E-state index in [1.165, 1.54) is 0 Å². The maximum Gasteiger partial charge on any atom is 0.312 e. The van der Waals surface area contributed by atoms with Crippen molar-refractivity contribution in [2.45, 2.75) is 38.2 Å². The second-order valence-corrected chi connectivity index (χ2v) is 8.63. The summed E-state index contributed by atoms with van der Waals surface area (Å²) in [6.45, 7) is 3.56. The largest absolute Gasteiger partial charge is 0.483 e. The summed E-state index contributed by atoms with van der Waals surface area (Å²) in [6, 6.07) is 0. The van der Waals surface area contributed by atoms with E-state index in [1.807, 2.05) is 19.0 Å². The lowest BCUT2D eigenvalue weighted by Crippen LogP contribution is -2.43. The number of esters is 1. The van der Waals surface area contributed by atoms with Crippen LogP contribution in [0.25, 0.3) is 0 Å². The van der Waals surface area contributed by atoms with Gasteiger partial charge in [-0.2, -0.15) is 0 Å². The maximum atomic E-state index is 12.6. The third-order valence-corrected chi connectivity index (χ3v) is 6.17. The van der Waals surface area contributed by atoms with Crippen LogP contribution in [-0.4, -0.2) is 96.1 Å². The number of likely N-dealkylation sites (tertiary alicyclic amines) is 1. The minimum Gasteiger partial charge on any atom is -0.483 e. The molecule has 10 heteroatoms. The van der Waals surface area contributed by atoms with Crippen LogP contribution in [0.15, 0.2) is 12.4 Å². The smallest absolute Gasteiger partial charge is 0.312 e. The van der Waals surface area contributed by atoms with E-state index in [1.54, 1.807) is 12.4 Å². The van der Waals surface area contributed by atoms with Crippen molar-refractivity contribution in [2.75, 3.05) is 51.7 Å². The molecule has 1 unspecified atom stereocenters. The molecule has 1 amide bonds. The summed E-state index contributed by atoms with van der Waals surface area (Å²) in [5.74, 6) is 0.630. The van der Waals surface area contributed by atoms with Gasteiger partial charge in [0.1, 0.15) is 17.6 Å². The van der Waals surface area contributed by atoms with Gasteiger partial charge in [0.2, 0.25) is 0 Å². The van der Waals surface area contributed by atoms with Crippen LogP contribution in [0.5, 0.6) is 0 Å². The molecule has 10 nitrogen and oxygen atoms in total. The predicted molar refractivity (Wildman–Crippen MR) is 113 cm³/mol. The Morgan fingerprint density at radius 3 is 2.52 bits per heavy atom. The molecule has 0 aromatic carbocycles. The van der Waals surface area contributed by atoms with Crippen LogP contribution < -0.4 is 4.90 Å². The molecule has 1 aromatic heterocycles. The molecule has 170 valence electrons. The molecule has 1 aromatic rings. The van der Waals surface area contributed by atoms with Gasteiger partial charge in [-0.05, 0) is 39.8 Å². The summed E-state index contributed by atoms with van der Waals surface area (Å²) in [6.07, 6.45) is 7.64. The number of hydrogen-bond acceptors (Lipinski definition) is 8. The molecule has 4 heterocycles. The zero-order valence-electron chi connectivity index (χ0n) is 18.2. The van der Waals surface area contributed by atoms with Gasteiger partial charge >= 0.3 is 5.97 Å². The Morgan fingerprint density at radius 1 is 1.26 bits per heavy atom. The van der Waals surface area contributed by atoms with Crippen molar-refractivity contribution in [3.63, 3.8) is 0 Å². The van der Waals surface area contributed by atoms with Crippen LogP contribution in [0.3, 0.4) is 0 Å². The average Bonchev–Trinajstić information content (AvgIpc) is 3.37. The maximum absolute atomic E-state index is 12.6. The fourth-order valence-electron chi connectivity index (χ4n) is 4.61. The Hall–Kier alpha value is -2.75. The molecule has 0 aliphatic carbocycles. The zero-order chi connectivity index (χ0) is 22.4. The fourth-order valence-corrected chi connectivity index (χ4v) is 4.61. The number of carbonyl (C=O) groups excluding carboxylic acids is 2. The second kappa shape index (κ2) is 10.0. The number of cyclic esters (lactones) is 1. The summed E-state index contributed by atoms with van der Waals surface area (Å²) < 4.78 is 5.64. The van der Waals surface area contributed by atoms with Gasteiger partial charge in [-0.1, -0.05) is 0 Å². The third-order valence-electron chi connectivity index (χ3n) is 6.17. The first-order chi connectivity index (χ1) is 14.9. The highest BCUT2D eigenvalue weighted by Gasteiger charge is 2.50. The minimum atomic E-state index is -0.367. The quantitative estimate of drug-likeness (QED) is 0.545. The van der Waals surface area contributed by atoms with Gasteiger partial charge in [-0.3, -0.25) is 19.4 Å². The van der Waals surface area contributed by atoms with Crippen molar-refractivity contribution in [3.8, 4) is 0 Å². The standard InChI is InChI=1S/C20H29N5O3.CH2O2/c1-23(2)14-15-11-20(19(27)28-15)5-9-24(10-6-20)17-13-21-12-16(22-17)18(26)25-7-3-4-8-25;2-1-3/h12-13,15H,3-11,14H2,1-2H3;1H,(H,2,3). The van der Waals surface area contributed by atoms with Crippen LogP contribution in [-0.2, 0) is 14.3 Å². The Bertz CT molecular complexity index is 788. The van der Waals surface area contributed by atoms with Gasteiger partial charge in [0.05, 0.1) is 17.8 Å². The summed E-state index contributed by atoms with van der Waals surface area (Å²) >= 11 is 0. The lowest BCUT2D eigenvalue weighted by molar-refractivity contribution is -0.150. The first-order valence-electron chi connectivity index (χ1n) is 10.7. The van der Waals surface area contributed by atoms with Crippen LogP contribution in [0.2, 0.25) is 0 Å². The number of likely N-dealkylation sites (N-methyl/N-ethyl adjacent to an activating group) is 1. The monoisotopic (exact) mass is 433 g/mol. The molecule has 0 radical (unpaired) electrons. The molecule has 4 rings (SSSR count). The van der Waals surface area contributed by atoms with E-state index in [9.17, 15) is 9.59 Å². The van der Waals surface area contributed by atoms with Crippen molar-refractivity contribution in [2.24, 2.45) is 5.41 Å². The zero-order valence-corrected chi connectivity index (χ0v) is 18.2. The number of carboxylic acid groups (broad SMARTS) is 1. The molecular weight excluding hydrogens is 402 g/mol. The SMILES string of the molecule is CN(C)CC1CC2(CCN(c3cncc(C(=O)N4CCCC4)n3)CC2)C(=O)O1.O=CO. The molecule has 3 fully saturated rings. The lowest BCUT2D eigenvalue weighted by atomic mass is 9.76. The Labute approximate surface area is 182 Å². The number of rotatable bonds is 4. The molecule has 1 atom stereocenters. The number of carbonyl (C=O) groups is 3. The van der Waals surface area contributed by atoms with Gasteiger partial charge < -0.3 is 24.5 Å². The van der Waals surface area contributed by atoms with E-state index in [2.05, 4.69) is 19.8 Å². The summed E-state index contributed by atoms with van der Waals surface area (Å²) in [4.78, 5) is 48.4. The van der Waals surface area contributed by atoms with Crippen LogP contribution >= 0.6 is 0 Å². The average molecular weight is 434 g/mol. The third kappa shape index (κ3) is 5.30. The fraction of sp³-hybridized carbons (Fsp3) is 0.667. The van der Waals surface area contributed by atoms with E-state index in [0.29, 0.717) is 5.69 Å². The first-order valence-corrected chi connectivity index (χ1v) is 10.7. The normalized spacial score (nSPS) is 22.3. The molecular formula is C21H31N5O5. The number of aromatic nitrogens is 2. The number of hydrogen-bond donors (Lipinski definition) is 1. The molecule has 3 aliphatic rings. The molecule has 0 saturated carbocycles. The van der Waals surface area contributed by atoms with Gasteiger partial charge in [0, 0.05) is 39.1 Å². The summed E-state index contributed by atoms with van der Waals surface area (Å²) in [5.41, 5.74) is 0.0409. The number of nitrogens with zero attached hydrogens (tertiary/aromatic N) is 5. The highest BCUT2D eigenvalue weighted by Crippen LogP contribution is 2.43. The Kier molecular flexibility index (Phi) is 7.42. The second-order valence-electron chi connectivity index (χ2n) is 8.63. The van der Waals surface area contributed by atoms with Crippen molar-refractivity contribution < 1.29 is 24.2 Å². The van der Waals surface area contributed by atoms with Crippen molar-refractivity contribution in [1.82, 2.24) is 19.8 Å². The Balaban J connectivity index is 0.000000858. The number of anilines is 1. The summed E-state index contributed by atoms with van der Waals surface area (Å²) in [5, 5.41) is 6.89. The Morgan fingerprint density at radius 2 is 1.90 bits per heavy atom. The van der Waals surface area contributed by atoms with Gasteiger partial charge in [-0.25, -0.2) is 4.98 Å². The van der Waals surface area contributed by atoms with Gasteiger partial charge in [0.25, 0.3) is 12.4 Å². The van der Waals surface area contributed by atoms with Crippen LogP contribution in [0, 0.1) is 5.41 Å². The summed E-state index contributed by atoms with van der Waals surface area (Å²) in [7, 11) is 3.99. The lowest BCUT2D eigenvalue weighted by Gasteiger charge is -2.37. The topological polar surface area (TPSA) is 116 Å². The predicted octanol–water partition coefficient (Wildman–Crippen LogP) is 0.877. The highest BCUT2D eigenvalue weighted by atomic mass is 16.6. The molecule has 1 N–H and O–H groups in total. The number of ether oxygens (including phenoxy) is 1.